The fourth-order valence-electron chi connectivity index (χ4n) is 1.67. The van der Waals surface area contributed by atoms with Crippen molar-refractivity contribution < 1.29 is 4.74 Å². The van der Waals surface area contributed by atoms with Crippen molar-refractivity contribution in [2.75, 3.05) is 31.2 Å². The second kappa shape index (κ2) is 4.16. The summed E-state index contributed by atoms with van der Waals surface area (Å²) in [4.78, 5) is 10.9. The molecule has 0 aliphatic carbocycles. The number of hydrogen-bond acceptors (Lipinski definition) is 5. The summed E-state index contributed by atoms with van der Waals surface area (Å²) in [6.45, 7) is 3.33. The second-order valence-corrected chi connectivity index (χ2v) is 5.02. The highest BCUT2D eigenvalue weighted by molar-refractivity contribution is 7.22. The van der Waals surface area contributed by atoms with Gasteiger partial charge in [0.1, 0.15) is 0 Å². The molecule has 16 heavy (non-hydrogen) atoms. The van der Waals surface area contributed by atoms with Gasteiger partial charge in [0, 0.05) is 19.3 Å². The molecule has 6 heteroatoms. The van der Waals surface area contributed by atoms with Crippen molar-refractivity contribution in [1.82, 2.24) is 9.97 Å². The lowest BCUT2D eigenvalue weighted by atomic mass is 10.4. The Labute approximate surface area is 102 Å². The van der Waals surface area contributed by atoms with Gasteiger partial charge in [0.25, 0.3) is 0 Å². The van der Waals surface area contributed by atoms with E-state index in [1.54, 1.807) is 17.5 Å². The predicted octanol–water partition coefficient (Wildman–Crippen LogP) is 2.18. The quantitative estimate of drug-likeness (QED) is 0.783. The summed E-state index contributed by atoms with van der Waals surface area (Å²) in [6.07, 6.45) is 1.63. The van der Waals surface area contributed by atoms with Crippen molar-refractivity contribution in [2.24, 2.45) is 0 Å². The van der Waals surface area contributed by atoms with Crippen LogP contribution in [0.1, 0.15) is 0 Å². The zero-order chi connectivity index (χ0) is 11.0. The Morgan fingerprint density at radius 1 is 1.38 bits per heavy atom. The van der Waals surface area contributed by atoms with Gasteiger partial charge in [-0.25, -0.2) is 4.98 Å². The van der Waals surface area contributed by atoms with Crippen LogP contribution in [0.25, 0.3) is 10.3 Å². The maximum absolute atomic E-state index is 5.90. The van der Waals surface area contributed by atoms with Gasteiger partial charge >= 0.3 is 0 Å². The van der Waals surface area contributed by atoms with E-state index < -0.39 is 0 Å². The Morgan fingerprint density at radius 3 is 3.00 bits per heavy atom. The molecule has 0 radical (unpaired) electrons. The molecule has 84 valence electrons. The summed E-state index contributed by atoms with van der Waals surface area (Å²) in [7, 11) is 0. The maximum Gasteiger partial charge on any atom is 0.188 e. The highest BCUT2D eigenvalue weighted by Crippen LogP contribution is 2.29. The van der Waals surface area contributed by atoms with Gasteiger partial charge in [0.15, 0.2) is 10.8 Å². The Kier molecular flexibility index (Phi) is 2.67. The van der Waals surface area contributed by atoms with Crippen molar-refractivity contribution >= 4 is 38.4 Å². The average Bonchev–Trinajstić information content (AvgIpc) is 2.73. The van der Waals surface area contributed by atoms with E-state index in [1.807, 2.05) is 6.07 Å². The van der Waals surface area contributed by atoms with E-state index in [-0.39, 0.29) is 0 Å². The molecule has 1 aliphatic rings. The largest absolute Gasteiger partial charge is 0.378 e. The van der Waals surface area contributed by atoms with Crippen LogP contribution in [0.3, 0.4) is 0 Å². The number of aromatic nitrogens is 2. The number of morpholine rings is 1. The molecule has 0 spiro atoms. The molecule has 2 aromatic rings. The Hall–Kier alpha value is -0.910. The van der Waals surface area contributed by atoms with E-state index in [4.69, 9.17) is 16.3 Å². The summed E-state index contributed by atoms with van der Waals surface area (Å²) in [5.74, 6) is 0. The molecule has 0 aromatic carbocycles. The van der Waals surface area contributed by atoms with E-state index in [9.17, 15) is 0 Å². The first kappa shape index (κ1) is 10.3. The predicted molar refractivity (Wildman–Crippen MR) is 65.5 cm³/mol. The summed E-state index contributed by atoms with van der Waals surface area (Å²) in [6, 6.07) is 1.91. The summed E-state index contributed by atoms with van der Waals surface area (Å²) in [5, 5.41) is 1.66. The summed E-state index contributed by atoms with van der Waals surface area (Å²) in [5.41, 5.74) is 0.774. The number of hydrogen-bond donors (Lipinski definition) is 0. The molecule has 0 amide bonds. The third-order valence-electron chi connectivity index (χ3n) is 2.48. The molecule has 1 fully saturated rings. The van der Waals surface area contributed by atoms with Gasteiger partial charge in [-0.05, 0) is 6.07 Å². The average molecular weight is 256 g/mol. The SMILES string of the molecule is Clc1cnc2nc(N3CCOCC3)sc2c1. The van der Waals surface area contributed by atoms with Crippen molar-refractivity contribution in [3.8, 4) is 0 Å². The van der Waals surface area contributed by atoms with Gasteiger partial charge in [-0.15, -0.1) is 0 Å². The molecule has 0 saturated carbocycles. The standard InChI is InChI=1S/C10H10ClN3OS/c11-7-5-8-9(12-6-7)13-10(16-8)14-1-3-15-4-2-14/h5-6H,1-4H2. The van der Waals surface area contributed by atoms with E-state index in [2.05, 4.69) is 14.9 Å². The number of thiazole rings is 1. The van der Waals surface area contributed by atoms with Crippen LogP contribution in [-0.2, 0) is 4.74 Å². The molecule has 0 atom stereocenters. The zero-order valence-corrected chi connectivity index (χ0v) is 10.1. The molecular weight excluding hydrogens is 246 g/mol. The van der Waals surface area contributed by atoms with E-state index in [1.165, 1.54) is 0 Å². The Balaban J connectivity index is 1.97. The molecule has 1 aliphatic heterocycles. The van der Waals surface area contributed by atoms with Crippen molar-refractivity contribution in [3.63, 3.8) is 0 Å². The topological polar surface area (TPSA) is 38.2 Å². The third-order valence-corrected chi connectivity index (χ3v) is 3.74. The lowest BCUT2D eigenvalue weighted by Gasteiger charge is -2.25. The minimum atomic E-state index is 0.657. The second-order valence-electron chi connectivity index (χ2n) is 3.57. The van der Waals surface area contributed by atoms with E-state index in [0.717, 1.165) is 41.8 Å². The number of halogens is 1. The van der Waals surface area contributed by atoms with E-state index in [0.29, 0.717) is 5.02 Å². The number of fused-ring (bicyclic) bond motifs is 1. The van der Waals surface area contributed by atoms with Crippen LogP contribution in [0.15, 0.2) is 12.3 Å². The summed E-state index contributed by atoms with van der Waals surface area (Å²) >= 11 is 7.53. The Bertz CT molecular complexity index is 510. The molecule has 0 unspecified atom stereocenters. The van der Waals surface area contributed by atoms with E-state index >= 15 is 0 Å². The van der Waals surface area contributed by atoms with Crippen LogP contribution in [-0.4, -0.2) is 36.3 Å². The van der Waals surface area contributed by atoms with Crippen LogP contribution < -0.4 is 4.90 Å². The number of nitrogens with zero attached hydrogens (tertiary/aromatic N) is 3. The molecule has 0 bridgehead atoms. The number of anilines is 1. The number of ether oxygens (including phenoxy) is 1. The van der Waals surface area contributed by atoms with Crippen molar-refractivity contribution in [2.45, 2.75) is 0 Å². The third kappa shape index (κ3) is 1.86. The Morgan fingerprint density at radius 2 is 2.19 bits per heavy atom. The maximum atomic E-state index is 5.90. The van der Waals surface area contributed by atoms with Crippen molar-refractivity contribution in [3.05, 3.63) is 17.3 Å². The normalized spacial score (nSPS) is 16.9. The minimum Gasteiger partial charge on any atom is -0.378 e. The molecule has 3 rings (SSSR count). The lowest BCUT2D eigenvalue weighted by molar-refractivity contribution is 0.122. The van der Waals surface area contributed by atoms with Crippen LogP contribution in [0.2, 0.25) is 5.02 Å². The smallest absolute Gasteiger partial charge is 0.188 e. The van der Waals surface area contributed by atoms with Gasteiger partial charge in [-0.3, -0.25) is 0 Å². The fourth-order valence-corrected chi connectivity index (χ4v) is 2.91. The number of pyridine rings is 1. The molecule has 2 aromatic heterocycles. The van der Waals surface area contributed by atoms with Gasteiger partial charge in [0.2, 0.25) is 0 Å². The minimum absolute atomic E-state index is 0.657. The van der Waals surface area contributed by atoms with Gasteiger partial charge in [-0.2, -0.15) is 4.98 Å². The van der Waals surface area contributed by atoms with Gasteiger partial charge < -0.3 is 9.64 Å². The highest BCUT2D eigenvalue weighted by atomic mass is 35.5. The molecule has 1 saturated heterocycles. The zero-order valence-electron chi connectivity index (χ0n) is 8.52. The van der Waals surface area contributed by atoms with Gasteiger partial charge in [-0.1, -0.05) is 22.9 Å². The molecule has 4 nitrogen and oxygen atoms in total. The first-order valence-electron chi connectivity index (χ1n) is 5.08. The van der Waals surface area contributed by atoms with Crippen LogP contribution >= 0.6 is 22.9 Å². The molecular formula is C10H10ClN3OS. The number of rotatable bonds is 1. The monoisotopic (exact) mass is 255 g/mol. The summed E-state index contributed by atoms with van der Waals surface area (Å²) < 4.78 is 6.35. The van der Waals surface area contributed by atoms with Crippen LogP contribution in [0.5, 0.6) is 0 Å². The highest BCUT2D eigenvalue weighted by Gasteiger charge is 2.15. The first-order valence-corrected chi connectivity index (χ1v) is 6.27. The molecule has 0 N–H and O–H groups in total. The molecule has 3 heterocycles. The first-order chi connectivity index (χ1) is 7.83. The van der Waals surface area contributed by atoms with Crippen molar-refractivity contribution in [1.29, 1.82) is 0 Å². The van der Waals surface area contributed by atoms with Crippen LogP contribution in [0.4, 0.5) is 5.13 Å². The lowest BCUT2D eigenvalue weighted by Crippen LogP contribution is -2.36. The van der Waals surface area contributed by atoms with Gasteiger partial charge in [0.05, 0.1) is 22.9 Å². The fraction of sp³-hybridized carbons (Fsp3) is 0.400. The van der Waals surface area contributed by atoms with Crippen LogP contribution in [0, 0.1) is 0 Å².